The fraction of sp³-hybridized carbons (Fsp3) is 0.146. The zero-order chi connectivity index (χ0) is 98.1. The van der Waals surface area contributed by atoms with Gasteiger partial charge in [0, 0.05) is 62.7 Å². The second-order valence-electron chi connectivity index (χ2n) is 29.5. The Morgan fingerprint density at radius 2 is 0.526 bits per heavy atom. The summed E-state index contributed by atoms with van der Waals surface area (Å²) in [6, 6.07) is 2.25. The van der Waals surface area contributed by atoms with Gasteiger partial charge < -0.3 is 215 Å². The van der Waals surface area contributed by atoms with Gasteiger partial charge in [-0.05, 0) is 42.5 Å². The van der Waals surface area contributed by atoms with Crippen molar-refractivity contribution >= 4 is 59.7 Å². The molecule has 53 nitrogen and oxygen atoms in total. The summed E-state index contributed by atoms with van der Waals surface area (Å²) in [6.45, 7) is -3.22. The highest BCUT2D eigenvalue weighted by molar-refractivity contribution is 6.14. The van der Waals surface area contributed by atoms with Crippen molar-refractivity contribution in [2.75, 3.05) is 13.2 Å². The first-order valence-electron chi connectivity index (χ1n) is 37.4. The molecule has 6 aliphatic heterocycles. The number of aliphatic hydroxyl groups is 1. The summed E-state index contributed by atoms with van der Waals surface area (Å²) in [4.78, 5) is 148. The molecule has 2 fully saturated rings. The molecule has 2 saturated heterocycles. The predicted octanol–water partition coefficient (Wildman–Crippen LogP) is 3.61. The monoisotopic (exact) mass is 1890 g/mol. The Hall–Kier alpha value is -19.2. The summed E-state index contributed by atoms with van der Waals surface area (Å²) in [5.41, 5.74) is -24.4. The van der Waals surface area contributed by atoms with Gasteiger partial charge in [0.1, 0.15) is 36.5 Å². The number of hydrogen-bond acceptors (Lipinski definition) is 52. The zero-order valence-electron chi connectivity index (χ0n) is 65.8. The lowest BCUT2D eigenvalue weighted by Crippen LogP contribution is -2.63. The van der Waals surface area contributed by atoms with Gasteiger partial charge in [-0.25, -0.2) is 47.9 Å². The van der Waals surface area contributed by atoms with E-state index < -0.39 is 418 Å². The molecule has 0 aliphatic carbocycles. The SMILES string of the molecule is O=C(O)c1cc(O)c(O)c(O)c1Oc1c(O)cc2c(c1O)-c1c(cc(O)c(O)c1O)C(=O)O[C@@H]1[C@H]3OC(=O)c4cc(O)c(O)c(O)c4-c4c(cc(O)c(O)c4O)C(=O)O[C@@H]3[C@H](OC(=O)c3cc(O)c(O)c(O)c3Oc3cc4c(c(O)c3O)-c3c(cc(O)c(O)c3O)C(=O)O[C@H]3[C@H]5OC(=O)c6cc(O)c(O)c(O)c6-c6c(cc(O)c(O)c6O)C(=O)O[C@H]5[C@H](O)O[C@H]3COC4=O)O[C@@H]1COC2=O. The average Bonchev–Trinajstić information content (AvgIpc) is 1.68. The number of aliphatic hydroxyl groups excluding tert-OH is 1. The molecule has 10 atom stereocenters. The molecule has 30 N–H and O–H groups in total. The van der Waals surface area contributed by atoms with Gasteiger partial charge in [-0.1, -0.05) is 0 Å². The van der Waals surface area contributed by atoms with E-state index in [1.165, 1.54) is 0 Å². The molecule has 700 valence electrons. The van der Waals surface area contributed by atoms with Crippen LogP contribution in [0.4, 0.5) is 0 Å². The number of carboxylic acid groups (broad SMARTS) is 1. The highest BCUT2D eigenvalue weighted by atomic mass is 16.8. The molecular weight excluding hydrogens is 1830 g/mol. The van der Waals surface area contributed by atoms with Crippen LogP contribution in [-0.4, -0.2) is 288 Å². The molecule has 135 heavy (non-hydrogen) atoms. The molecule has 0 unspecified atom stereocenters. The average molecular weight is 1890 g/mol. The van der Waals surface area contributed by atoms with E-state index in [2.05, 4.69) is 0 Å². The zero-order valence-corrected chi connectivity index (χ0v) is 65.8. The number of ether oxygens (including phenoxy) is 13. The molecule has 6 aliphatic rings. The van der Waals surface area contributed by atoms with Gasteiger partial charge in [-0.3, -0.25) is 0 Å². The number of hydrogen-bond donors (Lipinski definition) is 30. The van der Waals surface area contributed by atoms with Crippen LogP contribution >= 0.6 is 0 Å². The molecule has 0 bridgehead atoms. The van der Waals surface area contributed by atoms with E-state index in [-0.39, 0.29) is 48.5 Å². The highest BCUT2D eigenvalue weighted by Gasteiger charge is 2.59. The maximum absolute atomic E-state index is 15.5. The van der Waals surface area contributed by atoms with E-state index in [9.17, 15) is 172 Å². The molecule has 10 aromatic rings. The maximum atomic E-state index is 15.5. The quantitative estimate of drug-likeness (QED) is 0.0615. The Morgan fingerprint density at radius 1 is 0.259 bits per heavy atom. The number of carbonyl (C=O) groups is 10. The van der Waals surface area contributed by atoms with Crippen molar-refractivity contribution in [2.24, 2.45) is 0 Å². The largest absolute Gasteiger partial charge is 0.504 e. The number of esters is 9. The first-order valence-corrected chi connectivity index (χ1v) is 37.4. The minimum atomic E-state index is -3.17. The van der Waals surface area contributed by atoms with Crippen LogP contribution < -0.4 is 9.47 Å². The number of benzene rings is 10. The van der Waals surface area contributed by atoms with E-state index in [0.29, 0.717) is 12.1 Å². The normalized spacial score (nSPS) is 20.1. The van der Waals surface area contributed by atoms with Gasteiger partial charge >= 0.3 is 59.7 Å². The van der Waals surface area contributed by atoms with E-state index >= 15 is 28.8 Å². The molecule has 0 aromatic heterocycles. The van der Waals surface area contributed by atoms with Gasteiger partial charge in [0.05, 0.1) is 44.5 Å². The maximum Gasteiger partial charge on any atom is 0.344 e. The summed E-state index contributed by atoms with van der Waals surface area (Å²) in [6.07, 6.45) is -27.8. The number of fused-ring (bicyclic) bond motifs is 18. The van der Waals surface area contributed by atoms with Crippen LogP contribution in [0.5, 0.6) is 184 Å². The predicted molar refractivity (Wildman–Crippen MR) is 415 cm³/mol. The minimum Gasteiger partial charge on any atom is -0.504 e. The molecule has 53 heteroatoms. The van der Waals surface area contributed by atoms with Crippen LogP contribution in [0.25, 0.3) is 44.5 Å². The fourth-order valence-electron chi connectivity index (χ4n) is 15.3. The summed E-state index contributed by atoms with van der Waals surface area (Å²) in [5.74, 6) is -72.0. The first kappa shape index (κ1) is 89.2. The third kappa shape index (κ3) is 14.0. The molecule has 6 heterocycles. The van der Waals surface area contributed by atoms with Gasteiger partial charge in [0.2, 0.25) is 81.4 Å². The van der Waals surface area contributed by atoms with Gasteiger partial charge in [-0.15, -0.1) is 0 Å². The Bertz CT molecular complexity index is 7040. The van der Waals surface area contributed by atoms with Gasteiger partial charge in [0.25, 0.3) is 0 Å². The number of cyclic esters (lactones) is 2. The summed E-state index contributed by atoms with van der Waals surface area (Å²) < 4.78 is 73.7. The molecule has 0 saturated carbocycles. The summed E-state index contributed by atoms with van der Waals surface area (Å²) in [7, 11) is 0. The van der Waals surface area contributed by atoms with Crippen molar-refractivity contribution in [3.8, 4) is 228 Å². The number of carbonyl (C=O) groups excluding carboxylic acids is 9. The standard InChI is InChI=1S/C82H54O53/c83-23-1-14-39(56(105)47(23)96)41-20(73(114)123-11-33-65(129-74(14)115)67-69(81(122)126-33)133-78(119)17-4-26(86)45(94)54(103)37(17)35-15(76(117)131-67)2-24(84)43(92)52(35)101)10-32(51(100)58(41)107)125-63-22(9-30(90)50(99)61(63)110)80(121)135-82-70-68(132-77(118)16-3-25(85)44(93)53(102)36(16)38-18(79(120)134-70)5-27(87)46(95)55(38)104)66-34(127-82)12-124-72(113)13-7-31(91)64(128-62-21(71(111)112)8-29(89)49(98)60(62)109)59(108)42(13)40-19(75(116)130-66)6-28(88)48(97)57(40)106/h1-10,33-34,65-70,81-110,122H,11-12H2,(H,111,112)/t33-,34+,65+,66-,67+,68+,69+,70-,81+,82-/m0/s1. The summed E-state index contributed by atoms with van der Waals surface area (Å²) >= 11 is 0. The molecule has 0 radical (unpaired) electrons. The number of aromatic hydroxyl groups is 28. The third-order valence-corrected chi connectivity index (χ3v) is 21.7. The molecule has 16 rings (SSSR count). The number of phenols is 28. The van der Waals surface area contributed by atoms with Crippen LogP contribution in [0.2, 0.25) is 0 Å². The van der Waals surface area contributed by atoms with Crippen molar-refractivity contribution < 1.29 is 263 Å². The van der Waals surface area contributed by atoms with Crippen LogP contribution in [0, 0.1) is 0 Å². The molecule has 10 aromatic carbocycles. The van der Waals surface area contributed by atoms with E-state index in [1.54, 1.807) is 0 Å². The Morgan fingerprint density at radius 3 is 0.889 bits per heavy atom. The van der Waals surface area contributed by atoms with Gasteiger partial charge in [0.15, 0.2) is 152 Å². The lowest BCUT2D eigenvalue weighted by molar-refractivity contribution is -0.284. The lowest BCUT2D eigenvalue weighted by atomic mass is 9.91. The van der Waals surface area contributed by atoms with Crippen LogP contribution in [-0.2, 0) is 52.1 Å². The van der Waals surface area contributed by atoms with Crippen LogP contribution in [0.1, 0.15) is 104 Å². The Kier molecular flexibility index (Phi) is 21.1. The number of phenolic OH excluding ortho intramolecular Hbond substituents is 28. The van der Waals surface area contributed by atoms with E-state index in [4.69, 9.17) is 61.6 Å². The minimum absolute atomic E-state index is 0.0757. The second kappa shape index (κ2) is 31.9. The highest BCUT2D eigenvalue weighted by Crippen LogP contribution is 2.62. The van der Waals surface area contributed by atoms with E-state index in [1.807, 2.05) is 0 Å². The number of rotatable bonds is 7. The van der Waals surface area contributed by atoms with E-state index in [0.717, 1.165) is 0 Å². The Balaban J connectivity index is 0.812. The van der Waals surface area contributed by atoms with Crippen molar-refractivity contribution in [1.29, 1.82) is 0 Å². The molecule has 0 spiro atoms. The third-order valence-electron chi connectivity index (χ3n) is 21.7. The number of aromatic carboxylic acids is 1. The van der Waals surface area contributed by atoms with Crippen molar-refractivity contribution in [2.45, 2.75) is 61.4 Å². The van der Waals surface area contributed by atoms with Crippen LogP contribution in [0.3, 0.4) is 0 Å². The van der Waals surface area contributed by atoms with Crippen molar-refractivity contribution in [3.63, 3.8) is 0 Å². The lowest BCUT2D eigenvalue weighted by Gasteiger charge is -2.44. The van der Waals surface area contributed by atoms with Crippen LogP contribution in [0.15, 0.2) is 60.7 Å². The molecular formula is C82H54O53. The van der Waals surface area contributed by atoms with Crippen molar-refractivity contribution in [1.82, 2.24) is 0 Å². The van der Waals surface area contributed by atoms with Crippen molar-refractivity contribution in [3.05, 3.63) is 116 Å². The Labute approximate surface area is 739 Å². The number of carboxylic acids is 1. The summed E-state index contributed by atoms with van der Waals surface area (Å²) in [5, 5.41) is 335. The topological polar surface area (TPSA) is 898 Å². The molecule has 0 amide bonds. The fourth-order valence-corrected chi connectivity index (χ4v) is 15.3. The first-order chi connectivity index (χ1) is 63.5. The second-order valence-corrected chi connectivity index (χ2v) is 29.5. The smallest absolute Gasteiger partial charge is 0.344 e. The van der Waals surface area contributed by atoms with Gasteiger partial charge in [-0.2, -0.15) is 0 Å².